The van der Waals surface area contributed by atoms with Crippen LogP contribution in [0.15, 0.2) is 51.7 Å². The summed E-state index contributed by atoms with van der Waals surface area (Å²) in [6, 6.07) is 11.2. The number of rotatable bonds is 9. The van der Waals surface area contributed by atoms with Gasteiger partial charge in [0.25, 0.3) is 0 Å². The Morgan fingerprint density at radius 2 is 1.84 bits per heavy atom. The van der Waals surface area contributed by atoms with Crippen LogP contribution in [0.4, 0.5) is 4.39 Å². The average molecular weight is 427 g/mol. The molecule has 1 amide bonds. The van der Waals surface area contributed by atoms with E-state index >= 15 is 0 Å². The third kappa shape index (κ3) is 5.63. The van der Waals surface area contributed by atoms with Crippen LogP contribution in [0.2, 0.25) is 0 Å². The molecule has 0 unspecified atom stereocenters. The van der Waals surface area contributed by atoms with Gasteiger partial charge < -0.3 is 18.8 Å². The molecule has 1 aromatic heterocycles. The topological polar surface area (TPSA) is 69.0 Å². The van der Waals surface area contributed by atoms with Crippen LogP contribution in [-0.4, -0.2) is 38.1 Å². The maximum Gasteiger partial charge on any atom is 0.339 e. The highest BCUT2D eigenvalue weighted by molar-refractivity contribution is 5.82. The summed E-state index contributed by atoms with van der Waals surface area (Å²) in [4.78, 5) is 26.5. The minimum Gasteiger partial charge on any atom is -0.497 e. The Hall–Kier alpha value is -3.35. The third-order valence-electron chi connectivity index (χ3n) is 5.23. The molecule has 0 bridgehead atoms. The van der Waals surface area contributed by atoms with Crippen LogP contribution in [-0.2, 0) is 11.2 Å². The summed E-state index contributed by atoms with van der Waals surface area (Å²) in [6.45, 7) is 2.80. The van der Waals surface area contributed by atoms with Crippen molar-refractivity contribution < 1.29 is 23.1 Å². The number of ether oxygens (including phenoxy) is 2. The second-order valence-corrected chi connectivity index (χ2v) is 7.33. The number of amides is 1. The van der Waals surface area contributed by atoms with Gasteiger partial charge in [0.2, 0.25) is 5.91 Å². The van der Waals surface area contributed by atoms with E-state index in [9.17, 15) is 14.0 Å². The summed E-state index contributed by atoms with van der Waals surface area (Å²) >= 11 is 0. The van der Waals surface area contributed by atoms with Gasteiger partial charge in [0, 0.05) is 37.0 Å². The van der Waals surface area contributed by atoms with E-state index in [1.807, 2.05) is 19.1 Å². The van der Waals surface area contributed by atoms with E-state index in [2.05, 4.69) is 0 Å². The number of hydrogen-bond acceptors (Lipinski definition) is 5. The largest absolute Gasteiger partial charge is 0.497 e. The fourth-order valence-corrected chi connectivity index (χ4v) is 3.36. The van der Waals surface area contributed by atoms with E-state index in [1.165, 1.54) is 12.1 Å². The van der Waals surface area contributed by atoms with Gasteiger partial charge in [-0.05, 0) is 61.7 Å². The molecule has 3 aromatic rings. The van der Waals surface area contributed by atoms with Gasteiger partial charge in [-0.3, -0.25) is 4.79 Å². The van der Waals surface area contributed by atoms with Crippen molar-refractivity contribution in [3.8, 4) is 11.5 Å². The van der Waals surface area contributed by atoms with Gasteiger partial charge in [0.15, 0.2) is 0 Å². The Kier molecular flexibility index (Phi) is 7.28. The number of halogens is 1. The normalized spacial score (nSPS) is 10.8. The van der Waals surface area contributed by atoms with Gasteiger partial charge in [-0.2, -0.15) is 0 Å². The zero-order chi connectivity index (χ0) is 22.4. The van der Waals surface area contributed by atoms with E-state index in [1.54, 1.807) is 37.3 Å². The van der Waals surface area contributed by atoms with Gasteiger partial charge in [-0.15, -0.1) is 0 Å². The standard InChI is InChI=1S/C24H26FNO5/c1-16-20-10-9-19(29-3)15-22(20)31-24(28)21(16)11-12-23(27)26(2)13-4-14-30-18-7-5-17(25)6-8-18/h5-10,15H,4,11-14H2,1-3H3. The van der Waals surface area contributed by atoms with Crippen LogP contribution in [0.25, 0.3) is 11.0 Å². The molecule has 0 aliphatic rings. The number of methoxy groups -OCH3 is 1. The van der Waals surface area contributed by atoms with Crippen LogP contribution in [0.5, 0.6) is 11.5 Å². The van der Waals surface area contributed by atoms with E-state index in [0.29, 0.717) is 48.6 Å². The number of benzene rings is 2. The van der Waals surface area contributed by atoms with Crippen LogP contribution in [0.1, 0.15) is 24.0 Å². The average Bonchev–Trinajstić information content (AvgIpc) is 2.76. The van der Waals surface area contributed by atoms with Crippen molar-refractivity contribution in [1.82, 2.24) is 4.90 Å². The first-order valence-corrected chi connectivity index (χ1v) is 10.1. The predicted octanol–water partition coefficient (Wildman–Crippen LogP) is 4.11. The lowest BCUT2D eigenvalue weighted by molar-refractivity contribution is -0.129. The maximum absolute atomic E-state index is 12.9. The van der Waals surface area contributed by atoms with Crippen LogP contribution < -0.4 is 15.1 Å². The number of aryl methyl sites for hydroxylation is 1. The van der Waals surface area contributed by atoms with Crippen molar-refractivity contribution in [2.24, 2.45) is 0 Å². The molecule has 0 saturated carbocycles. The minimum absolute atomic E-state index is 0.0598. The van der Waals surface area contributed by atoms with Crippen molar-refractivity contribution >= 4 is 16.9 Å². The quantitative estimate of drug-likeness (QED) is 0.380. The molecule has 0 N–H and O–H groups in total. The number of carbonyl (C=O) groups is 1. The summed E-state index contributed by atoms with van der Waals surface area (Å²) in [7, 11) is 3.28. The van der Waals surface area contributed by atoms with Crippen molar-refractivity contribution in [3.05, 3.63) is 69.8 Å². The molecule has 7 heteroatoms. The molecule has 0 saturated heterocycles. The zero-order valence-electron chi connectivity index (χ0n) is 17.9. The van der Waals surface area contributed by atoms with Gasteiger partial charge >= 0.3 is 5.63 Å². The lowest BCUT2D eigenvalue weighted by atomic mass is 10.0. The first-order valence-electron chi connectivity index (χ1n) is 10.1. The Morgan fingerprint density at radius 3 is 2.55 bits per heavy atom. The smallest absolute Gasteiger partial charge is 0.339 e. The summed E-state index contributed by atoms with van der Waals surface area (Å²) in [5.41, 5.74) is 1.37. The molecule has 1 heterocycles. The number of nitrogens with zero attached hydrogens (tertiary/aromatic N) is 1. The fraction of sp³-hybridized carbons (Fsp3) is 0.333. The molecule has 164 valence electrons. The molecular weight excluding hydrogens is 401 g/mol. The Balaban J connectivity index is 1.53. The van der Waals surface area contributed by atoms with Gasteiger partial charge in [-0.25, -0.2) is 9.18 Å². The molecular formula is C24H26FNO5. The Labute approximate surface area is 180 Å². The second-order valence-electron chi connectivity index (χ2n) is 7.33. The summed E-state index contributed by atoms with van der Waals surface area (Å²) in [5.74, 6) is 0.831. The summed E-state index contributed by atoms with van der Waals surface area (Å²) < 4.78 is 29.0. The highest BCUT2D eigenvalue weighted by Gasteiger charge is 2.15. The molecule has 0 spiro atoms. The van der Waals surface area contributed by atoms with Gasteiger partial charge in [0.1, 0.15) is 22.9 Å². The van der Waals surface area contributed by atoms with E-state index < -0.39 is 5.63 Å². The minimum atomic E-state index is -0.429. The number of carbonyl (C=O) groups excluding carboxylic acids is 1. The number of hydrogen-bond donors (Lipinski definition) is 0. The first kappa shape index (κ1) is 22.3. The first-order chi connectivity index (χ1) is 14.9. The molecule has 0 atom stereocenters. The van der Waals surface area contributed by atoms with Crippen molar-refractivity contribution in [3.63, 3.8) is 0 Å². The van der Waals surface area contributed by atoms with Crippen molar-refractivity contribution in [1.29, 1.82) is 0 Å². The SMILES string of the molecule is COc1ccc2c(C)c(CCC(=O)N(C)CCCOc3ccc(F)cc3)c(=O)oc2c1. The molecule has 0 aliphatic heterocycles. The van der Waals surface area contributed by atoms with Crippen LogP contribution in [0.3, 0.4) is 0 Å². The van der Waals surface area contributed by atoms with Gasteiger partial charge in [-0.1, -0.05) is 0 Å². The highest BCUT2D eigenvalue weighted by Crippen LogP contribution is 2.24. The summed E-state index contributed by atoms with van der Waals surface area (Å²) in [6.07, 6.45) is 1.16. The lowest BCUT2D eigenvalue weighted by Gasteiger charge is -2.17. The third-order valence-corrected chi connectivity index (χ3v) is 5.23. The fourth-order valence-electron chi connectivity index (χ4n) is 3.36. The summed E-state index contributed by atoms with van der Waals surface area (Å²) in [5, 5.41) is 0.828. The lowest BCUT2D eigenvalue weighted by Crippen LogP contribution is -2.29. The van der Waals surface area contributed by atoms with E-state index in [0.717, 1.165) is 10.9 Å². The van der Waals surface area contributed by atoms with Crippen LogP contribution in [0, 0.1) is 12.7 Å². The van der Waals surface area contributed by atoms with Crippen molar-refractivity contribution in [2.75, 3.05) is 27.3 Å². The second kappa shape index (κ2) is 10.1. The van der Waals surface area contributed by atoms with Gasteiger partial charge in [0.05, 0.1) is 13.7 Å². The molecule has 0 aliphatic carbocycles. The highest BCUT2D eigenvalue weighted by atomic mass is 19.1. The van der Waals surface area contributed by atoms with E-state index in [-0.39, 0.29) is 18.1 Å². The zero-order valence-corrected chi connectivity index (χ0v) is 17.9. The van der Waals surface area contributed by atoms with Crippen molar-refractivity contribution in [2.45, 2.75) is 26.2 Å². The molecule has 0 radical (unpaired) electrons. The monoisotopic (exact) mass is 427 g/mol. The molecule has 0 fully saturated rings. The maximum atomic E-state index is 12.9. The molecule has 2 aromatic carbocycles. The Bertz CT molecular complexity index is 1110. The Morgan fingerprint density at radius 1 is 1.13 bits per heavy atom. The molecule has 6 nitrogen and oxygen atoms in total. The number of fused-ring (bicyclic) bond motifs is 1. The molecule has 31 heavy (non-hydrogen) atoms. The molecule has 3 rings (SSSR count). The van der Waals surface area contributed by atoms with Crippen LogP contribution >= 0.6 is 0 Å². The van der Waals surface area contributed by atoms with E-state index in [4.69, 9.17) is 13.9 Å². The predicted molar refractivity (Wildman–Crippen MR) is 116 cm³/mol.